The van der Waals surface area contributed by atoms with E-state index in [9.17, 15) is 0 Å². The van der Waals surface area contributed by atoms with Crippen LogP contribution in [0.15, 0.2) is 68.7 Å². The molecule has 18 aliphatic rings. The molecule has 18 aliphatic carbocycles. The molecule has 8 nitrogen and oxygen atoms in total. The maximum Gasteiger partial charge on any atom is 0.217 e. The highest BCUT2D eigenvalue weighted by molar-refractivity contribution is 6.53. The standard InChI is InChI=1S/C57H52Cl8O8/c1-66-44-32-18-9-10-19(33(32)45(67-2)37-23-14-13-22(36(37)44)40-41(23)53(63)49(59)48(58)52(40,62)56(53,70-5)71-6)29-27-17-26(28(18)29)30-20-11-12-21(31(27)30)35-34(20)46(68-3)38-24-15-16-25(39(38)47(35)69-4)43-42(24)54(64)50(60)51(61)55(43,65)57(54,72-7)73-8/h9-16,18-31,40-43H,17H2,1-8H3. The highest BCUT2D eigenvalue weighted by atomic mass is 35.5. The van der Waals surface area contributed by atoms with Gasteiger partial charge in [-0.1, -0.05) is 95.0 Å². The summed E-state index contributed by atoms with van der Waals surface area (Å²) in [6, 6.07) is 0. The van der Waals surface area contributed by atoms with E-state index in [2.05, 4.69) is 48.6 Å². The minimum Gasteiger partial charge on any atom is -0.496 e. The first-order valence-electron chi connectivity index (χ1n) is 25.5. The number of fused-ring (bicyclic) bond motifs is 6. The fourth-order valence-corrected chi connectivity index (χ4v) is 25.9. The molecule has 0 amide bonds. The Kier molecular flexibility index (Phi) is 9.28. The van der Waals surface area contributed by atoms with Gasteiger partial charge in [0.05, 0.1) is 48.6 Å². The van der Waals surface area contributed by atoms with Crippen molar-refractivity contribution < 1.29 is 37.9 Å². The summed E-state index contributed by atoms with van der Waals surface area (Å²) in [6.07, 6.45) is 20.1. The zero-order chi connectivity index (χ0) is 50.7. The van der Waals surface area contributed by atoms with E-state index in [4.69, 9.17) is 131 Å². The van der Waals surface area contributed by atoms with Crippen LogP contribution >= 0.6 is 92.8 Å². The van der Waals surface area contributed by atoms with Gasteiger partial charge in [-0.25, -0.2) is 0 Å². The predicted octanol–water partition coefficient (Wildman–Crippen LogP) is 13.3. The van der Waals surface area contributed by atoms with Gasteiger partial charge in [-0.05, 0) is 41.9 Å². The molecule has 14 bridgehead atoms. The zero-order valence-corrected chi connectivity index (χ0v) is 47.1. The van der Waals surface area contributed by atoms with E-state index < -0.39 is 31.1 Å². The van der Waals surface area contributed by atoms with Gasteiger partial charge in [0.25, 0.3) is 0 Å². The van der Waals surface area contributed by atoms with Gasteiger partial charge in [-0.2, -0.15) is 0 Å². The average Bonchev–Trinajstić information content (AvgIpc) is 4.17. The Morgan fingerprint density at radius 2 is 0.521 bits per heavy atom. The van der Waals surface area contributed by atoms with E-state index in [0.717, 1.165) is 51.7 Å². The maximum atomic E-state index is 7.91. The first kappa shape index (κ1) is 47.3. The molecule has 0 radical (unpaired) electrons. The molecular formula is C57H52Cl8O8. The van der Waals surface area contributed by atoms with Crippen molar-refractivity contribution in [1.29, 1.82) is 0 Å². The first-order chi connectivity index (χ1) is 35.1. The van der Waals surface area contributed by atoms with Gasteiger partial charge in [0, 0.05) is 144 Å². The summed E-state index contributed by atoms with van der Waals surface area (Å²) in [5.41, 5.74) is 9.29. The monoisotopic (exact) mass is 1140 g/mol. The SMILES string of the molecule is COc1c2c(c(OC)c3c1C1C=CC3C3C1C1(Cl)C(Cl)=C(Cl)C3(Cl)C1(OC)OC)C1C=CC2C2C3CC(C12)C1C2C=CC(c4c(OC)c5c(c(OC)c42)C2C=CC5C4C2C2(Cl)C(Cl)=C(Cl)C4(Cl)C2(OC)OC)C31. The summed E-state index contributed by atoms with van der Waals surface area (Å²) < 4.78 is 52.4. The molecule has 0 N–H and O–H groups in total. The van der Waals surface area contributed by atoms with E-state index in [1.54, 1.807) is 28.4 Å². The smallest absolute Gasteiger partial charge is 0.217 e. The highest BCUT2D eigenvalue weighted by Gasteiger charge is 2.89. The predicted molar refractivity (Wildman–Crippen MR) is 282 cm³/mol. The summed E-state index contributed by atoms with van der Waals surface area (Å²) in [4.78, 5) is -5.50. The second-order valence-corrected chi connectivity index (χ2v) is 27.2. The lowest BCUT2D eigenvalue weighted by Crippen LogP contribution is -2.57. The lowest BCUT2D eigenvalue weighted by atomic mass is 9.45. The lowest BCUT2D eigenvalue weighted by molar-refractivity contribution is -0.220. The zero-order valence-electron chi connectivity index (χ0n) is 41.0. The van der Waals surface area contributed by atoms with Crippen LogP contribution in [0.1, 0.15) is 98.3 Å². The van der Waals surface area contributed by atoms with Crippen LogP contribution in [0, 0.1) is 59.2 Å². The lowest BCUT2D eigenvalue weighted by Gasteiger charge is -2.59. The largest absolute Gasteiger partial charge is 0.496 e. The maximum absolute atomic E-state index is 7.91. The van der Waals surface area contributed by atoms with Crippen molar-refractivity contribution >= 4 is 92.8 Å². The van der Waals surface area contributed by atoms with Crippen molar-refractivity contribution in [2.75, 3.05) is 56.9 Å². The Labute approximate surface area is 464 Å². The molecule has 0 heterocycles. The minimum absolute atomic E-state index is 0.100. The van der Waals surface area contributed by atoms with Crippen molar-refractivity contribution in [2.24, 2.45) is 59.2 Å². The van der Waals surface area contributed by atoms with Crippen LogP contribution in [0.5, 0.6) is 23.0 Å². The molecule has 0 aromatic heterocycles. The van der Waals surface area contributed by atoms with Gasteiger partial charge < -0.3 is 37.9 Å². The molecule has 73 heavy (non-hydrogen) atoms. The Morgan fingerprint density at radius 1 is 0.329 bits per heavy atom. The van der Waals surface area contributed by atoms with E-state index >= 15 is 0 Å². The Hall–Kier alpha value is -1.76. The van der Waals surface area contributed by atoms with Gasteiger partial charge in [-0.15, -0.1) is 46.4 Å². The third-order valence-corrected chi connectivity index (χ3v) is 27.9. The Bertz CT molecular complexity index is 2800. The Morgan fingerprint density at radius 3 is 0.712 bits per heavy atom. The number of halogens is 8. The minimum atomic E-state index is -1.54. The molecule has 2 aromatic carbocycles. The van der Waals surface area contributed by atoms with Gasteiger partial charge in [-0.3, -0.25) is 0 Å². The number of allylic oxidation sites excluding steroid dienone is 8. The van der Waals surface area contributed by atoms with Gasteiger partial charge in [0.2, 0.25) is 11.6 Å². The van der Waals surface area contributed by atoms with E-state index in [1.807, 2.05) is 28.4 Å². The van der Waals surface area contributed by atoms with Crippen LogP contribution in [0.4, 0.5) is 0 Å². The molecule has 0 aliphatic heterocycles. The second kappa shape index (κ2) is 14.3. The fraction of sp³-hybridized carbons (Fsp3) is 0.579. The average molecular weight is 1150 g/mol. The summed E-state index contributed by atoms with van der Waals surface area (Å²) >= 11 is 60.5. The van der Waals surface area contributed by atoms with Crippen molar-refractivity contribution in [3.63, 3.8) is 0 Å². The van der Waals surface area contributed by atoms with Crippen LogP contribution in [-0.4, -0.2) is 87.9 Å². The Balaban J connectivity index is 0.845. The molecule has 0 saturated heterocycles. The summed E-state index contributed by atoms with van der Waals surface area (Å²) in [6.45, 7) is 0. The van der Waals surface area contributed by atoms with Crippen LogP contribution in [0.25, 0.3) is 0 Å². The van der Waals surface area contributed by atoms with Crippen molar-refractivity contribution in [3.05, 3.63) is 113 Å². The van der Waals surface area contributed by atoms with E-state index in [-0.39, 0.29) is 91.1 Å². The molecular weight excluding hydrogens is 1100 g/mol. The molecule has 4 fully saturated rings. The van der Waals surface area contributed by atoms with Crippen LogP contribution < -0.4 is 18.9 Å². The molecule has 20 rings (SSSR count). The van der Waals surface area contributed by atoms with E-state index in [0.29, 0.717) is 35.5 Å². The van der Waals surface area contributed by atoms with Crippen LogP contribution in [0.3, 0.4) is 0 Å². The van der Waals surface area contributed by atoms with Crippen molar-refractivity contribution in [3.8, 4) is 23.0 Å². The summed E-state index contributed by atoms with van der Waals surface area (Å²) in [7, 11) is 13.6. The van der Waals surface area contributed by atoms with Crippen molar-refractivity contribution in [1.82, 2.24) is 0 Å². The number of rotatable bonds is 8. The van der Waals surface area contributed by atoms with Crippen LogP contribution in [0.2, 0.25) is 0 Å². The number of benzene rings is 2. The molecule has 4 saturated carbocycles. The highest BCUT2D eigenvalue weighted by Crippen LogP contribution is 2.85. The van der Waals surface area contributed by atoms with Gasteiger partial charge in [0.15, 0.2) is 0 Å². The summed E-state index contributed by atoms with van der Waals surface area (Å²) in [5.74, 6) is 1.08. The quantitative estimate of drug-likeness (QED) is 0.147. The van der Waals surface area contributed by atoms with Crippen LogP contribution in [-0.2, 0) is 18.9 Å². The molecule has 2 aromatic rings. The third-order valence-electron chi connectivity index (χ3n) is 22.7. The molecule has 0 spiro atoms. The first-order valence-corrected chi connectivity index (χ1v) is 28.5. The number of hydrogen-bond acceptors (Lipinski definition) is 8. The topological polar surface area (TPSA) is 73.8 Å². The third kappa shape index (κ3) is 4.22. The number of hydrogen-bond donors (Lipinski definition) is 0. The molecule has 20 unspecified atom stereocenters. The second-order valence-electron chi connectivity index (χ2n) is 23.3. The fourth-order valence-electron chi connectivity index (χ4n) is 21.4. The van der Waals surface area contributed by atoms with Gasteiger partial charge in [0.1, 0.15) is 42.5 Å². The summed E-state index contributed by atoms with van der Waals surface area (Å²) in [5, 5.41) is 1.08. The molecule has 384 valence electrons. The number of alkyl halides is 4. The molecule has 16 heteroatoms. The number of methoxy groups -OCH3 is 8. The van der Waals surface area contributed by atoms with Gasteiger partial charge >= 0.3 is 0 Å². The normalized spacial score (nSPS) is 48.5. The van der Waals surface area contributed by atoms with Crippen molar-refractivity contribution in [2.45, 2.75) is 84.8 Å². The molecule has 20 atom stereocenters. The van der Waals surface area contributed by atoms with E-state index in [1.165, 1.54) is 22.3 Å². The number of ether oxygens (including phenoxy) is 8.